The van der Waals surface area contributed by atoms with Gasteiger partial charge in [0, 0.05) is 15.9 Å². The van der Waals surface area contributed by atoms with E-state index in [4.69, 9.17) is 4.74 Å². The van der Waals surface area contributed by atoms with Crippen LogP contribution in [0.25, 0.3) is 16.8 Å². The van der Waals surface area contributed by atoms with Crippen LogP contribution < -0.4 is 0 Å². The summed E-state index contributed by atoms with van der Waals surface area (Å²) < 4.78 is 4.94. The van der Waals surface area contributed by atoms with Crippen LogP contribution >= 0.6 is 11.8 Å². The van der Waals surface area contributed by atoms with Gasteiger partial charge in [0.15, 0.2) is 0 Å². The molecule has 0 amide bonds. The number of hydrogen-bond donors (Lipinski definition) is 0. The maximum atomic E-state index is 11.5. The van der Waals surface area contributed by atoms with Crippen molar-refractivity contribution in [3.63, 3.8) is 0 Å². The van der Waals surface area contributed by atoms with E-state index in [0.29, 0.717) is 6.61 Å². The number of ether oxygens (including phenoxy) is 1. The van der Waals surface area contributed by atoms with E-state index in [-0.39, 0.29) is 5.97 Å². The Hall–Kier alpha value is -2.52. The molecule has 3 heteroatoms. The minimum Gasteiger partial charge on any atom is -0.463 e. The molecule has 2 nitrogen and oxygen atoms in total. The first-order valence-corrected chi connectivity index (χ1v) is 8.68. The number of hydrogen-bond acceptors (Lipinski definition) is 3. The molecule has 0 radical (unpaired) electrons. The highest BCUT2D eigenvalue weighted by Gasteiger charge is 2.04. The Morgan fingerprint density at radius 3 is 2.58 bits per heavy atom. The summed E-state index contributed by atoms with van der Waals surface area (Å²) in [7, 11) is 0. The lowest BCUT2D eigenvalue weighted by Gasteiger charge is -2.07. The van der Waals surface area contributed by atoms with Crippen LogP contribution in [0.5, 0.6) is 0 Å². The van der Waals surface area contributed by atoms with Crippen LogP contribution in [0.4, 0.5) is 0 Å². The summed E-state index contributed by atoms with van der Waals surface area (Å²) in [5.41, 5.74) is 1.00. The fourth-order valence-electron chi connectivity index (χ4n) is 2.42. The van der Waals surface area contributed by atoms with E-state index in [1.165, 1.54) is 21.7 Å². The maximum Gasteiger partial charge on any atom is 0.330 e. The third-order valence-electron chi connectivity index (χ3n) is 3.55. The number of rotatable bonds is 5. The molecule has 3 aromatic rings. The zero-order chi connectivity index (χ0) is 16.8. The van der Waals surface area contributed by atoms with Gasteiger partial charge in [-0.15, -0.1) is 0 Å². The molecule has 0 aromatic heterocycles. The normalized spacial score (nSPS) is 11.0. The van der Waals surface area contributed by atoms with Gasteiger partial charge in [0.2, 0.25) is 0 Å². The fourth-order valence-corrected chi connectivity index (χ4v) is 3.39. The summed E-state index contributed by atoms with van der Waals surface area (Å²) in [6.45, 7) is 2.19. The lowest BCUT2D eigenvalue weighted by Crippen LogP contribution is -1.98. The average Bonchev–Trinajstić information content (AvgIpc) is 2.61. The number of esters is 1. The highest BCUT2D eigenvalue weighted by Crippen LogP contribution is 2.32. The Morgan fingerprint density at radius 2 is 1.75 bits per heavy atom. The molecule has 24 heavy (non-hydrogen) atoms. The predicted molar refractivity (Wildman–Crippen MR) is 100 cm³/mol. The summed E-state index contributed by atoms with van der Waals surface area (Å²) in [6, 6.07) is 22.8. The largest absolute Gasteiger partial charge is 0.463 e. The van der Waals surface area contributed by atoms with Crippen molar-refractivity contribution < 1.29 is 9.53 Å². The monoisotopic (exact) mass is 334 g/mol. The van der Waals surface area contributed by atoms with Crippen LogP contribution in [0.15, 0.2) is 82.6 Å². The second kappa shape index (κ2) is 7.84. The van der Waals surface area contributed by atoms with Crippen molar-refractivity contribution >= 4 is 34.6 Å². The minimum absolute atomic E-state index is 0.317. The van der Waals surface area contributed by atoms with Gasteiger partial charge < -0.3 is 4.74 Å². The summed E-state index contributed by atoms with van der Waals surface area (Å²) in [6.07, 6.45) is 3.28. The first-order chi connectivity index (χ1) is 11.8. The predicted octanol–water partition coefficient (Wildman–Crippen LogP) is 5.57. The van der Waals surface area contributed by atoms with Gasteiger partial charge in [-0.3, -0.25) is 0 Å². The van der Waals surface area contributed by atoms with Gasteiger partial charge in [0.1, 0.15) is 0 Å². The molecule has 0 N–H and O–H groups in total. The van der Waals surface area contributed by atoms with Crippen molar-refractivity contribution in [2.24, 2.45) is 0 Å². The fraction of sp³-hybridized carbons (Fsp3) is 0.0952. The molecule has 0 heterocycles. The quantitative estimate of drug-likeness (QED) is 0.451. The zero-order valence-corrected chi connectivity index (χ0v) is 14.3. The van der Waals surface area contributed by atoms with Gasteiger partial charge in [-0.05, 0) is 47.5 Å². The molecule has 0 unspecified atom stereocenters. The number of carbonyl (C=O) groups excluding carboxylic acids is 1. The van der Waals surface area contributed by atoms with Gasteiger partial charge in [-0.1, -0.05) is 60.3 Å². The zero-order valence-electron chi connectivity index (χ0n) is 13.4. The van der Waals surface area contributed by atoms with Crippen molar-refractivity contribution in [1.29, 1.82) is 0 Å². The maximum absolute atomic E-state index is 11.5. The van der Waals surface area contributed by atoms with E-state index < -0.39 is 0 Å². The van der Waals surface area contributed by atoms with Crippen LogP contribution in [-0.4, -0.2) is 12.6 Å². The minimum atomic E-state index is -0.317. The number of benzene rings is 3. The molecular formula is C21H18O2S. The van der Waals surface area contributed by atoms with Gasteiger partial charge in [-0.2, -0.15) is 0 Å². The number of carbonyl (C=O) groups is 1. The van der Waals surface area contributed by atoms with E-state index in [1.54, 1.807) is 24.8 Å². The van der Waals surface area contributed by atoms with Crippen molar-refractivity contribution in [3.8, 4) is 0 Å². The summed E-state index contributed by atoms with van der Waals surface area (Å²) in [4.78, 5) is 13.8. The number of fused-ring (bicyclic) bond motifs is 1. The molecular weight excluding hydrogens is 316 g/mol. The third kappa shape index (κ3) is 4.06. The van der Waals surface area contributed by atoms with Gasteiger partial charge in [-0.25, -0.2) is 4.79 Å². The Bertz CT molecular complexity index is 884. The molecule has 0 atom stereocenters. The van der Waals surface area contributed by atoms with E-state index in [0.717, 1.165) is 10.5 Å². The molecule has 120 valence electrons. The first-order valence-electron chi connectivity index (χ1n) is 7.87. The smallest absolute Gasteiger partial charge is 0.330 e. The lowest BCUT2D eigenvalue weighted by molar-refractivity contribution is -0.137. The molecule has 0 fully saturated rings. The van der Waals surface area contributed by atoms with Crippen molar-refractivity contribution in [3.05, 3.63) is 78.4 Å². The van der Waals surface area contributed by atoms with E-state index in [2.05, 4.69) is 36.4 Å². The molecule has 0 aliphatic heterocycles. The topological polar surface area (TPSA) is 26.3 Å². The van der Waals surface area contributed by atoms with Gasteiger partial charge in [0.05, 0.1) is 6.61 Å². The molecule has 0 spiro atoms. The highest BCUT2D eigenvalue weighted by atomic mass is 32.2. The SMILES string of the molecule is CCOC(=O)/C=C/c1ccccc1Sc1ccc2ccccc2c1. The van der Waals surface area contributed by atoms with E-state index in [1.807, 2.05) is 30.3 Å². The van der Waals surface area contributed by atoms with Gasteiger partial charge >= 0.3 is 5.97 Å². The third-order valence-corrected chi connectivity index (χ3v) is 4.63. The van der Waals surface area contributed by atoms with Crippen LogP contribution in [0.3, 0.4) is 0 Å². The average molecular weight is 334 g/mol. The molecule has 0 saturated heterocycles. The Balaban J connectivity index is 1.85. The first kappa shape index (κ1) is 16.3. The summed E-state index contributed by atoms with van der Waals surface area (Å²) in [5.74, 6) is -0.317. The molecule has 3 aromatic carbocycles. The Kier molecular flexibility index (Phi) is 5.34. The van der Waals surface area contributed by atoms with E-state index >= 15 is 0 Å². The molecule has 0 aliphatic rings. The summed E-state index contributed by atoms with van der Waals surface area (Å²) >= 11 is 1.69. The molecule has 3 rings (SSSR count). The van der Waals surface area contributed by atoms with E-state index in [9.17, 15) is 4.79 Å². The summed E-state index contributed by atoms with van der Waals surface area (Å²) in [5, 5.41) is 2.46. The standard InChI is InChI=1S/C21H18O2S/c1-2-23-21(22)14-12-17-8-5-6-10-20(17)24-19-13-11-16-7-3-4-9-18(16)15-19/h3-15H,2H2,1H3/b14-12+. The Morgan fingerprint density at radius 1 is 1.00 bits per heavy atom. The van der Waals surface area contributed by atoms with Crippen molar-refractivity contribution in [2.75, 3.05) is 6.61 Å². The van der Waals surface area contributed by atoms with Crippen LogP contribution in [0, 0.1) is 0 Å². The molecule has 0 aliphatic carbocycles. The van der Waals surface area contributed by atoms with Crippen LogP contribution in [-0.2, 0) is 9.53 Å². The highest BCUT2D eigenvalue weighted by molar-refractivity contribution is 7.99. The van der Waals surface area contributed by atoms with Crippen molar-refractivity contribution in [1.82, 2.24) is 0 Å². The lowest BCUT2D eigenvalue weighted by atomic mass is 10.1. The second-order valence-electron chi connectivity index (χ2n) is 5.23. The Labute approximate surface area is 146 Å². The van der Waals surface area contributed by atoms with Crippen LogP contribution in [0.1, 0.15) is 12.5 Å². The molecule has 0 bridgehead atoms. The van der Waals surface area contributed by atoms with Crippen molar-refractivity contribution in [2.45, 2.75) is 16.7 Å². The second-order valence-corrected chi connectivity index (χ2v) is 6.35. The van der Waals surface area contributed by atoms with Gasteiger partial charge in [0.25, 0.3) is 0 Å². The molecule has 0 saturated carbocycles. The van der Waals surface area contributed by atoms with Crippen LogP contribution in [0.2, 0.25) is 0 Å².